The van der Waals surface area contributed by atoms with Crippen molar-refractivity contribution < 1.29 is 5.11 Å². The van der Waals surface area contributed by atoms with Gasteiger partial charge in [-0.15, -0.1) is 10.2 Å². The number of aryl methyl sites for hydroxylation is 2. The maximum Gasteiger partial charge on any atom is 0.267 e. The molecule has 0 atom stereocenters. The molecule has 2 aromatic heterocycles. The molecule has 0 saturated carbocycles. The van der Waals surface area contributed by atoms with Crippen LogP contribution in [-0.4, -0.2) is 36.6 Å². The lowest BCUT2D eigenvalue weighted by molar-refractivity contribution is 0.296. The van der Waals surface area contributed by atoms with Crippen LogP contribution in [-0.2, 0) is 0 Å². The highest BCUT2D eigenvalue weighted by Gasteiger charge is 2.18. The largest absolute Gasteiger partial charge is 0.396 e. The van der Waals surface area contributed by atoms with Crippen LogP contribution in [0.1, 0.15) is 17.5 Å². The van der Waals surface area contributed by atoms with Crippen LogP contribution in [0.15, 0.2) is 52.4 Å². The van der Waals surface area contributed by atoms with Gasteiger partial charge < -0.3 is 5.11 Å². The van der Waals surface area contributed by atoms with Crippen molar-refractivity contribution in [2.75, 3.05) is 12.4 Å². The number of rotatable bonds is 5. The van der Waals surface area contributed by atoms with E-state index in [0.717, 1.165) is 28.1 Å². The number of para-hydroxylation sites is 1. The van der Waals surface area contributed by atoms with Crippen molar-refractivity contribution in [3.05, 3.63) is 63.9 Å². The Bertz CT molecular complexity index is 1200. The maximum absolute atomic E-state index is 13.3. The van der Waals surface area contributed by atoms with Crippen LogP contribution in [0.3, 0.4) is 0 Å². The lowest BCUT2D eigenvalue weighted by Crippen LogP contribution is -2.22. The molecule has 0 radical (unpaired) electrons. The molecule has 0 aliphatic carbocycles. The fraction of sp³-hybridized carbons (Fsp3) is 0.250. The lowest BCUT2D eigenvalue weighted by atomic mass is 10.1. The maximum atomic E-state index is 13.3. The van der Waals surface area contributed by atoms with E-state index in [1.807, 2.05) is 60.7 Å². The van der Waals surface area contributed by atoms with Crippen molar-refractivity contribution in [1.82, 2.24) is 19.2 Å². The Morgan fingerprint density at radius 3 is 2.74 bits per heavy atom. The molecule has 0 saturated heterocycles. The molecule has 0 amide bonds. The van der Waals surface area contributed by atoms with E-state index < -0.39 is 0 Å². The molecule has 27 heavy (non-hydrogen) atoms. The van der Waals surface area contributed by atoms with Crippen LogP contribution in [0, 0.1) is 13.8 Å². The molecule has 2 heterocycles. The second kappa shape index (κ2) is 7.17. The summed E-state index contributed by atoms with van der Waals surface area (Å²) in [6.07, 6.45) is 0.675. The SMILES string of the molecule is Cc1ccc(C)c(-n2c(=O)c3ccccc3n3c(SCCCO)nnc23)c1. The third-order valence-electron chi connectivity index (χ3n) is 4.53. The van der Waals surface area contributed by atoms with E-state index in [0.29, 0.717) is 22.7 Å². The van der Waals surface area contributed by atoms with E-state index in [9.17, 15) is 4.79 Å². The molecule has 0 aliphatic rings. The Kier molecular flexibility index (Phi) is 4.72. The van der Waals surface area contributed by atoms with Crippen molar-refractivity contribution in [3.63, 3.8) is 0 Å². The van der Waals surface area contributed by atoms with E-state index in [1.165, 1.54) is 11.8 Å². The summed E-state index contributed by atoms with van der Waals surface area (Å²) >= 11 is 1.53. The first-order valence-electron chi connectivity index (χ1n) is 8.82. The number of fused-ring (bicyclic) bond motifs is 3. The van der Waals surface area contributed by atoms with E-state index >= 15 is 0 Å². The van der Waals surface area contributed by atoms with Crippen LogP contribution in [0.4, 0.5) is 0 Å². The van der Waals surface area contributed by atoms with Gasteiger partial charge in [-0.3, -0.25) is 9.20 Å². The molecule has 0 spiro atoms. The van der Waals surface area contributed by atoms with Gasteiger partial charge in [0, 0.05) is 12.4 Å². The summed E-state index contributed by atoms with van der Waals surface area (Å²) < 4.78 is 3.58. The molecule has 7 heteroatoms. The van der Waals surface area contributed by atoms with Crippen LogP contribution in [0.2, 0.25) is 0 Å². The van der Waals surface area contributed by atoms with E-state index in [1.54, 1.807) is 4.57 Å². The number of thioether (sulfide) groups is 1. The summed E-state index contributed by atoms with van der Waals surface area (Å²) in [6, 6.07) is 13.6. The van der Waals surface area contributed by atoms with Gasteiger partial charge in [-0.25, -0.2) is 4.57 Å². The first-order chi connectivity index (χ1) is 13.1. The molecule has 138 valence electrons. The molecular weight excluding hydrogens is 360 g/mol. The van der Waals surface area contributed by atoms with Gasteiger partial charge in [0.05, 0.1) is 16.6 Å². The fourth-order valence-corrected chi connectivity index (χ4v) is 4.04. The summed E-state index contributed by atoms with van der Waals surface area (Å²) in [6.45, 7) is 4.13. The Labute approximate surface area is 160 Å². The molecule has 0 unspecified atom stereocenters. The Hall–Kier alpha value is -2.64. The van der Waals surface area contributed by atoms with Gasteiger partial charge >= 0.3 is 0 Å². The second-order valence-corrected chi connectivity index (χ2v) is 7.55. The molecule has 0 aliphatic heterocycles. The van der Waals surface area contributed by atoms with Crippen LogP contribution < -0.4 is 5.56 Å². The highest BCUT2D eigenvalue weighted by molar-refractivity contribution is 7.99. The number of aliphatic hydroxyl groups excluding tert-OH is 1. The summed E-state index contributed by atoms with van der Waals surface area (Å²) in [5.74, 6) is 1.23. The third kappa shape index (κ3) is 3.02. The Morgan fingerprint density at radius 1 is 1.11 bits per heavy atom. The van der Waals surface area contributed by atoms with Crippen LogP contribution in [0.25, 0.3) is 22.4 Å². The first-order valence-corrected chi connectivity index (χ1v) is 9.80. The third-order valence-corrected chi connectivity index (χ3v) is 5.55. The Balaban J connectivity index is 2.08. The molecule has 0 bridgehead atoms. The highest BCUT2D eigenvalue weighted by Crippen LogP contribution is 2.24. The molecule has 1 N–H and O–H groups in total. The topological polar surface area (TPSA) is 72.4 Å². The average molecular weight is 380 g/mol. The number of benzene rings is 2. The Morgan fingerprint density at radius 2 is 1.93 bits per heavy atom. The number of hydrogen-bond acceptors (Lipinski definition) is 5. The van der Waals surface area contributed by atoms with E-state index in [2.05, 4.69) is 10.2 Å². The molecule has 4 rings (SSSR count). The van der Waals surface area contributed by atoms with Crippen molar-refractivity contribution in [3.8, 4) is 5.69 Å². The van der Waals surface area contributed by atoms with Gasteiger partial charge in [-0.2, -0.15) is 0 Å². The summed E-state index contributed by atoms with van der Waals surface area (Å²) in [5, 5.41) is 19.1. The van der Waals surface area contributed by atoms with Crippen molar-refractivity contribution in [2.24, 2.45) is 0 Å². The molecular formula is C20H20N4O2S. The van der Waals surface area contributed by atoms with Crippen molar-refractivity contribution in [1.29, 1.82) is 0 Å². The smallest absolute Gasteiger partial charge is 0.267 e. The van der Waals surface area contributed by atoms with Gasteiger partial charge in [0.15, 0.2) is 5.16 Å². The number of aliphatic hydroxyl groups is 1. The first kappa shape index (κ1) is 17.8. The minimum atomic E-state index is -0.105. The van der Waals surface area contributed by atoms with Gasteiger partial charge in [0.2, 0.25) is 5.78 Å². The number of nitrogens with zero attached hydrogens (tertiary/aromatic N) is 4. The zero-order valence-corrected chi connectivity index (χ0v) is 16.0. The van der Waals surface area contributed by atoms with Crippen LogP contribution in [0.5, 0.6) is 0 Å². The van der Waals surface area contributed by atoms with Gasteiger partial charge in [-0.05, 0) is 49.6 Å². The van der Waals surface area contributed by atoms with Crippen molar-refractivity contribution >= 4 is 28.4 Å². The summed E-state index contributed by atoms with van der Waals surface area (Å²) in [7, 11) is 0. The minimum absolute atomic E-state index is 0.105. The molecule has 6 nitrogen and oxygen atoms in total. The minimum Gasteiger partial charge on any atom is -0.396 e. The number of aromatic nitrogens is 4. The quantitative estimate of drug-likeness (QED) is 0.425. The summed E-state index contributed by atoms with van der Waals surface area (Å²) in [4.78, 5) is 13.3. The lowest BCUT2D eigenvalue weighted by Gasteiger charge is -2.14. The molecule has 4 aromatic rings. The van der Waals surface area contributed by atoms with Gasteiger partial charge in [0.1, 0.15) is 0 Å². The zero-order chi connectivity index (χ0) is 19.0. The predicted octanol–water partition coefficient (Wildman–Crippen LogP) is 3.12. The van der Waals surface area contributed by atoms with E-state index in [4.69, 9.17) is 5.11 Å². The average Bonchev–Trinajstić information content (AvgIpc) is 3.09. The highest BCUT2D eigenvalue weighted by atomic mass is 32.2. The number of hydrogen-bond donors (Lipinski definition) is 1. The van der Waals surface area contributed by atoms with Crippen LogP contribution >= 0.6 is 11.8 Å². The molecule has 2 aromatic carbocycles. The standard InChI is InChI=1S/C20H20N4O2S/c1-13-8-9-14(2)17(12-13)23-18(26)15-6-3-4-7-16(15)24-19(23)21-22-20(24)27-11-5-10-25/h3-4,6-9,12,25H,5,10-11H2,1-2H3. The fourth-order valence-electron chi connectivity index (χ4n) is 3.18. The normalized spacial score (nSPS) is 11.5. The zero-order valence-electron chi connectivity index (χ0n) is 15.2. The second-order valence-electron chi connectivity index (χ2n) is 6.49. The van der Waals surface area contributed by atoms with E-state index in [-0.39, 0.29) is 12.2 Å². The summed E-state index contributed by atoms with van der Waals surface area (Å²) in [5.41, 5.74) is 3.57. The van der Waals surface area contributed by atoms with Gasteiger partial charge in [0.25, 0.3) is 5.56 Å². The van der Waals surface area contributed by atoms with Crippen molar-refractivity contribution in [2.45, 2.75) is 25.4 Å². The molecule has 0 fully saturated rings. The predicted molar refractivity (Wildman–Crippen MR) is 108 cm³/mol. The van der Waals surface area contributed by atoms with Gasteiger partial charge in [-0.1, -0.05) is 36.0 Å². The monoisotopic (exact) mass is 380 g/mol.